The average Bonchev–Trinajstić information content (AvgIpc) is 3.52. The lowest BCUT2D eigenvalue weighted by Crippen LogP contribution is -2.06. The Morgan fingerprint density at radius 3 is 2.57 bits per heavy atom. The summed E-state index contributed by atoms with van der Waals surface area (Å²) < 4.78 is 4.26. The number of benzene rings is 2. The van der Waals surface area contributed by atoms with Crippen LogP contribution < -0.4 is 5.73 Å². The Morgan fingerprint density at radius 1 is 1.10 bits per heavy atom. The molecule has 0 unspecified atom stereocenters. The first-order valence-corrected chi connectivity index (χ1v) is 10.8. The number of nitrogens with zero attached hydrogens (tertiary/aromatic N) is 4. The smallest absolute Gasteiger partial charge is 0.0741 e. The maximum absolute atomic E-state index is 5.81. The average molecular weight is 398 g/mol. The summed E-state index contributed by atoms with van der Waals surface area (Å²) in [5.41, 5.74) is 12.9. The zero-order valence-corrected chi connectivity index (χ0v) is 17.4. The molecule has 5 heteroatoms. The molecule has 1 aliphatic carbocycles. The molecule has 0 radical (unpaired) electrons. The summed E-state index contributed by atoms with van der Waals surface area (Å²) in [4.78, 5) is 0. The summed E-state index contributed by atoms with van der Waals surface area (Å²) in [5, 5.41) is 10.8. The predicted molar refractivity (Wildman–Crippen MR) is 122 cm³/mol. The van der Waals surface area contributed by atoms with E-state index in [0.29, 0.717) is 11.7 Å². The Labute approximate surface area is 176 Å². The van der Waals surface area contributed by atoms with Crippen LogP contribution in [0.25, 0.3) is 33.5 Å². The second-order valence-corrected chi connectivity index (χ2v) is 8.12. The van der Waals surface area contributed by atoms with Crippen molar-refractivity contribution in [2.45, 2.75) is 45.1 Å². The first-order valence-electron chi connectivity index (χ1n) is 10.8. The van der Waals surface area contributed by atoms with Gasteiger partial charge < -0.3 is 5.73 Å². The molecule has 0 atom stereocenters. The molecule has 2 aromatic carbocycles. The largest absolute Gasteiger partial charge is 0.399 e. The molecular formula is C25H27N5. The van der Waals surface area contributed by atoms with Crippen molar-refractivity contribution in [3.63, 3.8) is 0 Å². The fourth-order valence-electron chi connectivity index (χ4n) is 4.60. The lowest BCUT2D eigenvalue weighted by molar-refractivity contribution is 0.478. The van der Waals surface area contributed by atoms with Crippen LogP contribution in [0, 0.1) is 0 Å². The van der Waals surface area contributed by atoms with E-state index in [4.69, 9.17) is 10.8 Å². The number of aromatic nitrogens is 4. The van der Waals surface area contributed by atoms with Gasteiger partial charge in [-0.05, 0) is 49.1 Å². The van der Waals surface area contributed by atoms with Crippen molar-refractivity contribution in [2.24, 2.45) is 5.73 Å². The molecule has 0 amide bonds. The van der Waals surface area contributed by atoms with Gasteiger partial charge in [-0.15, -0.1) is 0 Å². The number of fused-ring (bicyclic) bond motifs is 1. The van der Waals surface area contributed by atoms with Gasteiger partial charge in [0.1, 0.15) is 0 Å². The summed E-state index contributed by atoms with van der Waals surface area (Å²) >= 11 is 0. The molecule has 0 spiro atoms. The predicted octanol–water partition coefficient (Wildman–Crippen LogP) is 5.50. The van der Waals surface area contributed by atoms with Gasteiger partial charge in [0.25, 0.3) is 0 Å². The zero-order chi connectivity index (χ0) is 20.7. The van der Waals surface area contributed by atoms with Crippen molar-refractivity contribution >= 4 is 16.6 Å². The molecule has 0 bridgehead atoms. The Bertz CT molecular complexity index is 1210. The second-order valence-electron chi connectivity index (χ2n) is 8.12. The molecule has 30 heavy (non-hydrogen) atoms. The third-order valence-corrected chi connectivity index (χ3v) is 6.21. The maximum Gasteiger partial charge on any atom is 0.0741 e. The fourth-order valence-corrected chi connectivity index (χ4v) is 4.60. The van der Waals surface area contributed by atoms with Crippen molar-refractivity contribution in [3.8, 4) is 16.9 Å². The standard InChI is InChI=1S/C25H27N5/c1-3-23-22-13-10-19(16-25(22)30(28-23)20-6-4-5-7-20)24-14-15-27-29(24)21-11-8-18(9-12-21)17(2)26/h8-16,20H,2-7,26H2,1H3. The fraction of sp³-hybridized carbons (Fsp3) is 0.280. The van der Waals surface area contributed by atoms with E-state index >= 15 is 0 Å². The Kier molecular flexibility index (Phi) is 4.66. The van der Waals surface area contributed by atoms with Gasteiger partial charge >= 0.3 is 0 Å². The lowest BCUT2D eigenvalue weighted by Gasteiger charge is -2.13. The van der Waals surface area contributed by atoms with Crippen molar-refractivity contribution in [2.75, 3.05) is 0 Å². The Hall–Kier alpha value is -3.34. The zero-order valence-electron chi connectivity index (χ0n) is 17.4. The first-order chi connectivity index (χ1) is 14.7. The van der Waals surface area contributed by atoms with Crippen LogP contribution in [0.3, 0.4) is 0 Å². The van der Waals surface area contributed by atoms with Crippen molar-refractivity contribution in [1.82, 2.24) is 19.6 Å². The van der Waals surface area contributed by atoms with Gasteiger partial charge in [0, 0.05) is 16.6 Å². The molecule has 2 aromatic heterocycles. The second kappa shape index (κ2) is 7.48. The number of hydrogen-bond donors (Lipinski definition) is 1. The van der Waals surface area contributed by atoms with E-state index in [1.807, 2.05) is 35.1 Å². The SMILES string of the molecule is C=C(N)c1ccc(-n2nccc2-c2ccc3c(CC)nn(C4CCCC4)c3c2)cc1. The summed E-state index contributed by atoms with van der Waals surface area (Å²) in [6.45, 7) is 5.99. The minimum Gasteiger partial charge on any atom is -0.399 e. The van der Waals surface area contributed by atoms with E-state index in [-0.39, 0.29) is 0 Å². The van der Waals surface area contributed by atoms with E-state index in [9.17, 15) is 0 Å². The normalized spacial score (nSPS) is 14.6. The van der Waals surface area contributed by atoms with Gasteiger partial charge in [-0.2, -0.15) is 10.2 Å². The lowest BCUT2D eigenvalue weighted by atomic mass is 10.1. The van der Waals surface area contributed by atoms with Gasteiger partial charge in [-0.25, -0.2) is 4.68 Å². The highest BCUT2D eigenvalue weighted by Crippen LogP contribution is 2.35. The van der Waals surface area contributed by atoms with E-state index in [2.05, 4.69) is 47.5 Å². The molecule has 1 saturated carbocycles. The molecule has 2 heterocycles. The molecular weight excluding hydrogens is 370 g/mol. The van der Waals surface area contributed by atoms with E-state index in [1.165, 1.54) is 42.3 Å². The minimum absolute atomic E-state index is 0.518. The van der Waals surface area contributed by atoms with Gasteiger partial charge in [-0.1, -0.05) is 50.6 Å². The highest BCUT2D eigenvalue weighted by molar-refractivity contribution is 5.86. The summed E-state index contributed by atoms with van der Waals surface area (Å²) in [5.74, 6) is 0. The van der Waals surface area contributed by atoms with Crippen LogP contribution in [-0.2, 0) is 6.42 Å². The highest BCUT2D eigenvalue weighted by atomic mass is 15.3. The van der Waals surface area contributed by atoms with Crippen LogP contribution in [0.5, 0.6) is 0 Å². The van der Waals surface area contributed by atoms with Crippen LogP contribution in [0.4, 0.5) is 0 Å². The van der Waals surface area contributed by atoms with Crippen LogP contribution in [0.1, 0.15) is 49.9 Å². The first kappa shape index (κ1) is 18.7. The van der Waals surface area contributed by atoms with Crippen molar-refractivity contribution in [3.05, 3.63) is 72.6 Å². The molecule has 1 fully saturated rings. The van der Waals surface area contributed by atoms with Crippen LogP contribution in [0.15, 0.2) is 61.3 Å². The summed E-state index contributed by atoms with van der Waals surface area (Å²) in [6.07, 6.45) is 7.84. The van der Waals surface area contributed by atoms with Crippen LogP contribution >= 0.6 is 0 Å². The molecule has 4 aromatic rings. The Morgan fingerprint density at radius 2 is 1.87 bits per heavy atom. The molecule has 0 saturated heterocycles. The third kappa shape index (κ3) is 3.11. The number of rotatable bonds is 5. The van der Waals surface area contributed by atoms with Crippen LogP contribution in [0.2, 0.25) is 0 Å². The van der Waals surface area contributed by atoms with E-state index < -0.39 is 0 Å². The van der Waals surface area contributed by atoms with E-state index in [0.717, 1.165) is 28.9 Å². The molecule has 152 valence electrons. The molecule has 5 nitrogen and oxygen atoms in total. The molecule has 1 aliphatic rings. The third-order valence-electron chi connectivity index (χ3n) is 6.21. The van der Waals surface area contributed by atoms with E-state index in [1.54, 1.807) is 0 Å². The van der Waals surface area contributed by atoms with Crippen molar-refractivity contribution < 1.29 is 0 Å². The number of aryl methyl sites for hydroxylation is 1. The summed E-state index contributed by atoms with van der Waals surface area (Å²) in [6, 6.07) is 17.3. The summed E-state index contributed by atoms with van der Waals surface area (Å²) in [7, 11) is 0. The monoisotopic (exact) mass is 397 g/mol. The molecule has 5 rings (SSSR count). The molecule has 2 N–H and O–H groups in total. The maximum atomic E-state index is 5.81. The van der Waals surface area contributed by atoms with Crippen molar-refractivity contribution in [1.29, 1.82) is 0 Å². The minimum atomic E-state index is 0.518. The Balaban J connectivity index is 1.60. The van der Waals surface area contributed by atoms with Gasteiger partial charge in [0.05, 0.1) is 34.8 Å². The van der Waals surface area contributed by atoms with Gasteiger partial charge in [0.15, 0.2) is 0 Å². The van der Waals surface area contributed by atoms with Gasteiger partial charge in [-0.3, -0.25) is 4.68 Å². The highest BCUT2D eigenvalue weighted by Gasteiger charge is 2.22. The van der Waals surface area contributed by atoms with Crippen LogP contribution in [-0.4, -0.2) is 19.6 Å². The van der Waals surface area contributed by atoms with Gasteiger partial charge in [0.2, 0.25) is 0 Å². The number of hydrogen-bond acceptors (Lipinski definition) is 3. The quantitative estimate of drug-likeness (QED) is 0.484. The number of nitrogens with two attached hydrogens (primary N) is 1. The molecule has 0 aliphatic heterocycles. The topological polar surface area (TPSA) is 61.7 Å².